The van der Waals surface area contributed by atoms with Crippen LogP contribution in [0.1, 0.15) is 32.3 Å². The molecule has 2 rings (SSSR count). The van der Waals surface area contributed by atoms with Gasteiger partial charge in [0.25, 0.3) is 0 Å². The van der Waals surface area contributed by atoms with Crippen molar-refractivity contribution in [2.24, 2.45) is 16.3 Å². The van der Waals surface area contributed by atoms with Crippen molar-refractivity contribution >= 4 is 11.7 Å². The second-order valence-corrected chi connectivity index (χ2v) is 6.33. The molecule has 24 heavy (non-hydrogen) atoms. The van der Waals surface area contributed by atoms with Crippen molar-refractivity contribution < 1.29 is 10.0 Å². The summed E-state index contributed by atoms with van der Waals surface area (Å²) in [5.74, 6) is -0.00798. The fourth-order valence-electron chi connectivity index (χ4n) is 3.37. The van der Waals surface area contributed by atoms with Crippen molar-refractivity contribution in [2.45, 2.75) is 33.2 Å². The summed E-state index contributed by atoms with van der Waals surface area (Å²) in [5, 5.41) is 12.2. The maximum absolute atomic E-state index is 13.0. The summed E-state index contributed by atoms with van der Waals surface area (Å²) in [6.07, 6.45) is 1.06. The molecule has 0 unspecified atom stereocenters. The molecule has 1 amide bonds. The lowest BCUT2D eigenvalue weighted by Gasteiger charge is -2.40. The highest BCUT2D eigenvalue weighted by Gasteiger charge is 2.43. The molecule has 1 aliphatic heterocycles. The van der Waals surface area contributed by atoms with E-state index in [9.17, 15) is 4.79 Å². The van der Waals surface area contributed by atoms with E-state index in [1.807, 2.05) is 36.9 Å². The second kappa shape index (κ2) is 8.15. The van der Waals surface area contributed by atoms with E-state index in [1.165, 1.54) is 5.56 Å². The standard InChI is InChI=1S/C18H28N4O2/c1-3-18(4-2,16(19)20-24)17(23)22-12-10-21(11-13-22)14-15-8-6-5-7-9-15/h5-9,24H,3-4,10-14H2,1-2H3,(H2,19,20). The molecule has 6 heteroatoms. The minimum atomic E-state index is -0.893. The monoisotopic (exact) mass is 332 g/mol. The van der Waals surface area contributed by atoms with E-state index in [0.29, 0.717) is 25.9 Å². The van der Waals surface area contributed by atoms with Crippen LogP contribution in [0.3, 0.4) is 0 Å². The number of carbonyl (C=O) groups excluding carboxylic acids is 1. The third-order valence-corrected chi connectivity index (χ3v) is 5.12. The van der Waals surface area contributed by atoms with Gasteiger partial charge < -0.3 is 15.8 Å². The average Bonchev–Trinajstić information content (AvgIpc) is 2.64. The fraction of sp³-hybridized carbons (Fsp3) is 0.556. The number of hydrogen-bond donors (Lipinski definition) is 2. The molecule has 0 aromatic heterocycles. The SMILES string of the molecule is CCC(CC)(C(=O)N1CCN(Cc2ccccc2)CC1)/C(N)=N/O. The summed E-state index contributed by atoms with van der Waals surface area (Å²) in [5.41, 5.74) is 6.24. The molecule has 0 bridgehead atoms. The smallest absolute Gasteiger partial charge is 0.236 e. The van der Waals surface area contributed by atoms with Crippen molar-refractivity contribution in [2.75, 3.05) is 26.2 Å². The molecule has 0 spiro atoms. The number of amidine groups is 1. The Balaban J connectivity index is 1.99. The maximum Gasteiger partial charge on any atom is 0.236 e. The Morgan fingerprint density at radius 1 is 1.17 bits per heavy atom. The van der Waals surface area contributed by atoms with Crippen LogP contribution in [0.2, 0.25) is 0 Å². The second-order valence-electron chi connectivity index (χ2n) is 6.33. The van der Waals surface area contributed by atoms with Gasteiger partial charge in [0.1, 0.15) is 5.41 Å². The summed E-state index contributed by atoms with van der Waals surface area (Å²) in [6, 6.07) is 10.3. The zero-order valence-electron chi connectivity index (χ0n) is 14.6. The van der Waals surface area contributed by atoms with Gasteiger partial charge in [-0.25, -0.2) is 0 Å². The number of amides is 1. The Hall–Kier alpha value is -2.08. The topological polar surface area (TPSA) is 82.2 Å². The zero-order chi connectivity index (χ0) is 17.6. The molecule has 3 N–H and O–H groups in total. The van der Waals surface area contributed by atoms with E-state index in [0.717, 1.165) is 19.6 Å². The summed E-state index contributed by atoms with van der Waals surface area (Å²) in [4.78, 5) is 17.2. The Kier molecular flexibility index (Phi) is 6.20. The van der Waals surface area contributed by atoms with Gasteiger partial charge in [0.2, 0.25) is 5.91 Å². The first kappa shape index (κ1) is 18.3. The number of nitrogens with two attached hydrogens (primary N) is 1. The molecule has 1 saturated heterocycles. The van der Waals surface area contributed by atoms with Crippen LogP contribution >= 0.6 is 0 Å². The van der Waals surface area contributed by atoms with Gasteiger partial charge in [0.05, 0.1) is 0 Å². The van der Waals surface area contributed by atoms with Gasteiger partial charge in [-0.2, -0.15) is 0 Å². The number of carbonyl (C=O) groups is 1. The van der Waals surface area contributed by atoms with E-state index in [-0.39, 0.29) is 11.7 Å². The van der Waals surface area contributed by atoms with Crippen LogP contribution in [0, 0.1) is 5.41 Å². The highest BCUT2D eigenvalue weighted by molar-refractivity contribution is 6.06. The van der Waals surface area contributed by atoms with Crippen molar-refractivity contribution in [3.63, 3.8) is 0 Å². The number of benzene rings is 1. The normalized spacial score (nSPS) is 17.1. The Labute approximate surface area is 143 Å². The maximum atomic E-state index is 13.0. The lowest BCUT2D eigenvalue weighted by molar-refractivity contribution is -0.140. The largest absolute Gasteiger partial charge is 0.409 e. The lowest BCUT2D eigenvalue weighted by Crippen LogP contribution is -2.56. The predicted molar refractivity (Wildman–Crippen MR) is 94.7 cm³/mol. The third kappa shape index (κ3) is 3.70. The van der Waals surface area contributed by atoms with Crippen LogP contribution in [0.15, 0.2) is 35.5 Å². The number of rotatable bonds is 6. The molecule has 1 fully saturated rings. The van der Waals surface area contributed by atoms with E-state index in [1.54, 1.807) is 0 Å². The molecule has 0 saturated carbocycles. The molecule has 0 aliphatic carbocycles. The van der Waals surface area contributed by atoms with Crippen LogP contribution < -0.4 is 5.73 Å². The molecule has 0 radical (unpaired) electrons. The first-order valence-electron chi connectivity index (χ1n) is 8.61. The summed E-state index contributed by atoms with van der Waals surface area (Å²) in [6.45, 7) is 7.73. The summed E-state index contributed by atoms with van der Waals surface area (Å²) >= 11 is 0. The average molecular weight is 332 g/mol. The van der Waals surface area contributed by atoms with Gasteiger partial charge in [-0.05, 0) is 18.4 Å². The molecular weight excluding hydrogens is 304 g/mol. The van der Waals surface area contributed by atoms with E-state index in [4.69, 9.17) is 10.9 Å². The Morgan fingerprint density at radius 3 is 2.25 bits per heavy atom. The van der Waals surface area contributed by atoms with Crippen LogP contribution in [0.25, 0.3) is 0 Å². The number of hydrogen-bond acceptors (Lipinski definition) is 4. The molecule has 1 heterocycles. The molecule has 1 aromatic carbocycles. The van der Waals surface area contributed by atoms with Crippen molar-refractivity contribution in [1.82, 2.24) is 9.80 Å². The van der Waals surface area contributed by atoms with Crippen LogP contribution in [0.5, 0.6) is 0 Å². The van der Waals surface area contributed by atoms with Crippen molar-refractivity contribution in [3.8, 4) is 0 Å². The van der Waals surface area contributed by atoms with Crippen LogP contribution in [0.4, 0.5) is 0 Å². The first-order chi connectivity index (χ1) is 11.6. The number of oxime groups is 1. The van der Waals surface area contributed by atoms with Crippen LogP contribution in [-0.2, 0) is 11.3 Å². The highest BCUT2D eigenvalue weighted by Crippen LogP contribution is 2.30. The Bertz CT molecular complexity index is 562. The zero-order valence-corrected chi connectivity index (χ0v) is 14.6. The number of piperazine rings is 1. The summed E-state index contributed by atoms with van der Waals surface area (Å²) < 4.78 is 0. The van der Waals surface area contributed by atoms with Crippen LogP contribution in [-0.4, -0.2) is 52.9 Å². The minimum Gasteiger partial charge on any atom is -0.409 e. The van der Waals surface area contributed by atoms with Gasteiger partial charge in [-0.15, -0.1) is 0 Å². The molecule has 6 nitrogen and oxygen atoms in total. The fourth-order valence-corrected chi connectivity index (χ4v) is 3.37. The van der Waals surface area contributed by atoms with Gasteiger partial charge >= 0.3 is 0 Å². The molecule has 132 valence electrons. The Morgan fingerprint density at radius 2 is 1.75 bits per heavy atom. The molecule has 0 atom stereocenters. The minimum absolute atomic E-state index is 0.0178. The highest BCUT2D eigenvalue weighted by atomic mass is 16.4. The van der Waals surface area contributed by atoms with Gasteiger partial charge in [-0.3, -0.25) is 9.69 Å². The number of nitrogens with zero attached hydrogens (tertiary/aromatic N) is 3. The first-order valence-corrected chi connectivity index (χ1v) is 8.61. The van der Waals surface area contributed by atoms with Gasteiger partial charge in [0.15, 0.2) is 5.84 Å². The van der Waals surface area contributed by atoms with Gasteiger partial charge in [0, 0.05) is 32.7 Å². The quantitative estimate of drug-likeness (QED) is 0.361. The molecule has 1 aliphatic rings. The van der Waals surface area contributed by atoms with Gasteiger partial charge in [-0.1, -0.05) is 49.3 Å². The van der Waals surface area contributed by atoms with E-state index >= 15 is 0 Å². The molecular formula is C18H28N4O2. The van der Waals surface area contributed by atoms with Crippen molar-refractivity contribution in [3.05, 3.63) is 35.9 Å². The van der Waals surface area contributed by atoms with E-state index in [2.05, 4.69) is 22.2 Å². The van der Waals surface area contributed by atoms with Crippen molar-refractivity contribution in [1.29, 1.82) is 0 Å². The molecule has 1 aromatic rings. The lowest BCUT2D eigenvalue weighted by atomic mass is 9.79. The summed E-state index contributed by atoms with van der Waals surface area (Å²) in [7, 11) is 0. The predicted octanol–water partition coefficient (Wildman–Crippen LogP) is 1.88. The van der Waals surface area contributed by atoms with E-state index < -0.39 is 5.41 Å². The third-order valence-electron chi connectivity index (χ3n) is 5.12.